The summed E-state index contributed by atoms with van der Waals surface area (Å²) >= 11 is 0. The van der Waals surface area contributed by atoms with E-state index >= 15 is 0 Å². The van der Waals surface area contributed by atoms with Gasteiger partial charge in [0, 0.05) is 23.3 Å². The predicted octanol–water partition coefficient (Wildman–Crippen LogP) is 4.76. The Morgan fingerprint density at radius 2 is 2.07 bits per heavy atom. The van der Waals surface area contributed by atoms with Crippen LogP contribution in [0.4, 0.5) is 0 Å². The summed E-state index contributed by atoms with van der Waals surface area (Å²) in [6, 6.07) is 7.86. The third kappa shape index (κ3) is 2.63. The fraction of sp³-hybridized carbons (Fsp3) is 0.481. The van der Waals surface area contributed by atoms with Crippen molar-refractivity contribution in [1.82, 2.24) is 0 Å². The van der Waals surface area contributed by atoms with Gasteiger partial charge in [0.25, 0.3) is 0 Å². The lowest BCUT2D eigenvalue weighted by molar-refractivity contribution is -0.114. The molecule has 0 radical (unpaired) electrons. The maximum Gasteiger partial charge on any atom is 0.156 e. The van der Waals surface area contributed by atoms with Gasteiger partial charge in [0.1, 0.15) is 11.9 Å². The first kappa shape index (κ1) is 19.5. The number of carbonyl (C=O) groups excluding carboxylic acids is 2. The van der Waals surface area contributed by atoms with Gasteiger partial charge in [-0.3, -0.25) is 9.59 Å². The van der Waals surface area contributed by atoms with Crippen molar-refractivity contribution < 1.29 is 14.7 Å². The number of carbonyl (C=O) groups is 2. The number of allylic oxidation sites excluding steroid dienone is 4. The maximum atomic E-state index is 12.1. The standard InChI is InChI=1S/C27H28O3/c1-3-27(30)12-11-24-22-9-7-19-14-20(29)8-10-21(19)25(22)23(15-26(24,27)2)18-6-4-5-17(13-18)16-28/h1,4-6,13-14,16,22-24,30H,7-12,15H2,2H3/t22?,23-,24?,26+,27+/m1/s1. The van der Waals surface area contributed by atoms with Crippen molar-refractivity contribution >= 4 is 12.1 Å². The molecular formula is C27H28O3. The lowest BCUT2D eigenvalue weighted by Crippen LogP contribution is -2.51. The van der Waals surface area contributed by atoms with Crippen molar-refractivity contribution in [3.05, 3.63) is 58.2 Å². The summed E-state index contributed by atoms with van der Waals surface area (Å²) in [6.07, 6.45) is 14.3. The van der Waals surface area contributed by atoms with Crippen molar-refractivity contribution in [3.63, 3.8) is 0 Å². The van der Waals surface area contributed by atoms with E-state index < -0.39 is 5.60 Å². The smallest absolute Gasteiger partial charge is 0.156 e. The second kappa shape index (κ2) is 6.79. The zero-order valence-corrected chi connectivity index (χ0v) is 17.5. The van der Waals surface area contributed by atoms with Gasteiger partial charge in [0.2, 0.25) is 0 Å². The van der Waals surface area contributed by atoms with E-state index in [-0.39, 0.29) is 17.1 Å². The van der Waals surface area contributed by atoms with Gasteiger partial charge in [-0.15, -0.1) is 6.42 Å². The van der Waals surface area contributed by atoms with Crippen LogP contribution in [0.5, 0.6) is 0 Å². The van der Waals surface area contributed by atoms with Gasteiger partial charge in [-0.2, -0.15) is 0 Å². The first-order chi connectivity index (χ1) is 14.4. The van der Waals surface area contributed by atoms with Gasteiger partial charge >= 0.3 is 0 Å². The molecule has 0 bridgehead atoms. The molecule has 0 aromatic heterocycles. The number of hydrogen-bond donors (Lipinski definition) is 1. The number of terminal acetylenes is 1. The molecule has 1 aromatic carbocycles. The second-order valence-electron chi connectivity index (χ2n) is 9.83. The molecule has 1 N–H and O–H groups in total. The molecule has 0 amide bonds. The Kier molecular flexibility index (Phi) is 4.42. The fourth-order valence-corrected chi connectivity index (χ4v) is 7.05. The van der Waals surface area contributed by atoms with Gasteiger partial charge in [0.15, 0.2) is 5.78 Å². The zero-order chi connectivity index (χ0) is 21.1. The molecule has 4 aliphatic carbocycles. The number of aliphatic hydroxyl groups is 1. The van der Waals surface area contributed by atoms with Crippen molar-refractivity contribution in [1.29, 1.82) is 0 Å². The minimum Gasteiger partial charge on any atom is -0.377 e. The molecule has 3 heteroatoms. The summed E-state index contributed by atoms with van der Waals surface area (Å²) in [5.74, 6) is 3.83. The van der Waals surface area contributed by atoms with Gasteiger partial charge < -0.3 is 5.11 Å². The molecular weight excluding hydrogens is 372 g/mol. The molecule has 5 rings (SSSR count). The molecule has 5 atom stereocenters. The van der Waals surface area contributed by atoms with Crippen molar-refractivity contribution in [2.24, 2.45) is 17.3 Å². The van der Waals surface area contributed by atoms with Crippen LogP contribution in [0.15, 0.2) is 47.1 Å². The number of ketones is 1. The first-order valence-electron chi connectivity index (χ1n) is 11.1. The highest BCUT2D eigenvalue weighted by Gasteiger charge is 2.62. The highest BCUT2D eigenvalue weighted by Crippen LogP contribution is 2.66. The lowest BCUT2D eigenvalue weighted by atomic mass is 9.51. The van der Waals surface area contributed by atoms with E-state index in [4.69, 9.17) is 6.42 Å². The topological polar surface area (TPSA) is 54.4 Å². The van der Waals surface area contributed by atoms with Crippen LogP contribution in [0.1, 0.15) is 73.7 Å². The average molecular weight is 401 g/mol. The lowest BCUT2D eigenvalue weighted by Gasteiger charge is -2.53. The summed E-state index contributed by atoms with van der Waals surface area (Å²) in [5.41, 5.74) is 4.37. The van der Waals surface area contributed by atoms with Crippen LogP contribution < -0.4 is 0 Å². The Bertz CT molecular complexity index is 1040. The molecule has 30 heavy (non-hydrogen) atoms. The summed E-state index contributed by atoms with van der Waals surface area (Å²) < 4.78 is 0. The van der Waals surface area contributed by atoms with E-state index in [2.05, 4.69) is 18.9 Å². The Hall–Kier alpha value is -2.44. The highest BCUT2D eigenvalue weighted by atomic mass is 16.3. The number of fused-ring (bicyclic) bond motifs is 4. The van der Waals surface area contributed by atoms with E-state index in [0.29, 0.717) is 30.2 Å². The third-order valence-electron chi connectivity index (χ3n) is 8.57. The van der Waals surface area contributed by atoms with Crippen LogP contribution >= 0.6 is 0 Å². The first-order valence-corrected chi connectivity index (χ1v) is 11.1. The van der Waals surface area contributed by atoms with E-state index in [0.717, 1.165) is 44.0 Å². The van der Waals surface area contributed by atoms with Crippen LogP contribution in [0, 0.1) is 29.6 Å². The number of rotatable bonds is 2. The van der Waals surface area contributed by atoms with Crippen LogP contribution in [-0.2, 0) is 4.79 Å². The molecule has 154 valence electrons. The molecule has 0 saturated heterocycles. The summed E-state index contributed by atoms with van der Waals surface area (Å²) in [6.45, 7) is 2.18. The van der Waals surface area contributed by atoms with Crippen molar-refractivity contribution in [3.8, 4) is 12.3 Å². The average Bonchev–Trinajstić information content (AvgIpc) is 3.04. The third-order valence-corrected chi connectivity index (χ3v) is 8.57. The van der Waals surface area contributed by atoms with Gasteiger partial charge in [0.05, 0.1) is 0 Å². The molecule has 0 heterocycles. The second-order valence-corrected chi connectivity index (χ2v) is 9.83. The van der Waals surface area contributed by atoms with Gasteiger partial charge in [-0.25, -0.2) is 0 Å². The Morgan fingerprint density at radius 3 is 2.83 bits per heavy atom. The Labute approximate surface area is 178 Å². The molecule has 4 aliphatic rings. The monoisotopic (exact) mass is 400 g/mol. The normalized spacial score (nSPS) is 37.6. The van der Waals surface area contributed by atoms with Crippen molar-refractivity contribution in [2.45, 2.75) is 63.4 Å². The quantitative estimate of drug-likeness (QED) is 0.575. The Balaban J connectivity index is 1.71. The zero-order valence-electron chi connectivity index (χ0n) is 17.5. The minimum absolute atomic E-state index is 0.112. The number of aldehydes is 1. The molecule has 2 unspecified atom stereocenters. The molecule has 2 fully saturated rings. The van der Waals surface area contributed by atoms with Crippen molar-refractivity contribution in [2.75, 3.05) is 0 Å². The summed E-state index contributed by atoms with van der Waals surface area (Å²) in [5, 5.41) is 11.4. The largest absolute Gasteiger partial charge is 0.377 e. The van der Waals surface area contributed by atoms with E-state index in [1.54, 1.807) is 0 Å². The van der Waals surface area contributed by atoms with Crippen LogP contribution in [0.25, 0.3) is 0 Å². The highest BCUT2D eigenvalue weighted by molar-refractivity contribution is 5.93. The van der Waals surface area contributed by atoms with Crippen LogP contribution in [-0.4, -0.2) is 22.8 Å². The molecule has 1 aromatic rings. The molecule has 3 nitrogen and oxygen atoms in total. The SMILES string of the molecule is C#C[C@]1(O)CCC2C3CCC4=CC(=O)CCC4=C3[C@@H](c3cccc(C=O)c3)C[C@@]21C. The van der Waals surface area contributed by atoms with E-state index in [1.807, 2.05) is 24.3 Å². The minimum atomic E-state index is -1.09. The van der Waals surface area contributed by atoms with E-state index in [1.165, 1.54) is 16.7 Å². The van der Waals surface area contributed by atoms with Gasteiger partial charge in [-0.05, 0) is 79.2 Å². The van der Waals surface area contributed by atoms with Crippen LogP contribution in [0.3, 0.4) is 0 Å². The van der Waals surface area contributed by atoms with E-state index in [9.17, 15) is 14.7 Å². The Morgan fingerprint density at radius 1 is 1.23 bits per heavy atom. The summed E-state index contributed by atoms with van der Waals surface area (Å²) in [7, 11) is 0. The fourth-order valence-electron chi connectivity index (χ4n) is 7.05. The van der Waals surface area contributed by atoms with Gasteiger partial charge in [-0.1, -0.05) is 36.6 Å². The number of benzene rings is 1. The molecule has 2 saturated carbocycles. The van der Waals surface area contributed by atoms with Crippen LogP contribution in [0.2, 0.25) is 0 Å². The summed E-state index contributed by atoms with van der Waals surface area (Å²) in [4.78, 5) is 23.5. The number of hydrogen-bond acceptors (Lipinski definition) is 3. The molecule has 0 aliphatic heterocycles. The molecule has 0 spiro atoms. The maximum absolute atomic E-state index is 12.1. The predicted molar refractivity (Wildman–Crippen MR) is 116 cm³/mol.